The Morgan fingerprint density at radius 3 is 3.00 bits per heavy atom. The summed E-state index contributed by atoms with van der Waals surface area (Å²) in [7, 11) is 0. The van der Waals surface area contributed by atoms with Crippen LogP contribution in [0.5, 0.6) is 0 Å². The van der Waals surface area contributed by atoms with E-state index in [1.807, 2.05) is 24.1 Å². The van der Waals surface area contributed by atoms with Crippen molar-refractivity contribution >= 4 is 23.0 Å². The summed E-state index contributed by atoms with van der Waals surface area (Å²) in [5.41, 5.74) is 1.37. The van der Waals surface area contributed by atoms with Crippen LogP contribution in [0, 0.1) is 6.92 Å². The number of nitrogens with zero attached hydrogens (tertiary/aromatic N) is 5. The second-order valence-corrected chi connectivity index (χ2v) is 7.37. The Morgan fingerprint density at radius 1 is 1.24 bits per heavy atom. The summed E-state index contributed by atoms with van der Waals surface area (Å²) >= 11 is 1.79. The number of fused-ring (bicyclic) bond motifs is 1. The van der Waals surface area contributed by atoms with Crippen LogP contribution in [0.3, 0.4) is 0 Å². The van der Waals surface area contributed by atoms with E-state index in [0.717, 1.165) is 44.8 Å². The van der Waals surface area contributed by atoms with Gasteiger partial charge < -0.3 is 4.90 Å². The van der Waals surface area contributed by atoms with E-state index in [0.29, 0.717) is 11.5 Å². The Balaban J connectivity index is 1.50. The van der Waals surface area contributed by atoms with E-state index in [9.17, 15) is 4.79 Å². The van der Waals surface area contributed by atoms with Crippen molar-refractivity contribution in [3.8, 4) is 0 Å². The lowest BCUT2D eigenvalue weighted by atomic mass is 10.3. The normalized spacial score (nSPS) is 16.3. The minimum atomic E-state index is 0.0518. The number of hydrogen-bond donors (Lipinski definition) is 0. The molecule has 3 aromatic heterocycles. The van der Waals surface area contributed by atoms with Gasteiger partial charge in [0.25, 0.3) is 5.91 Å². The Kier molecular flexibility index (Phi) is 4.50. The highest BCUT2D eigenvalue weighted by atomic mass is 32.1. The number of imidazole rings is 1. The van der Waals surface area contributed by atoms with Crippen LogP contribution in [0.15, 0.2) is 36.0 Å². The lowest BCUT2D eigenvalue weighted by molar-refractivity contribution is 0.0753. The molecule has 4 heterocycles. The second-order valence-electron chi connectivity index (χ2n) is 6.34. The maximum Gasteiger partial charge on any atom is 0.272 e. The zero-order valence-electron chi connectivity index (χ0n) is 14.3. The molecule has 0 bridgehead atoms. The molecule has 0 aliphatic carbocycles. The van der Waals surface area contributed by atoms with Gasteiger partial charge in [-0.3, -0.25) is 14.1 Å². The lowest BCUT2D eigenvalue weighted by Gasteiger charge is -2.21. The average molecular weight is 355 g/mol. The Hall–Kier alpha value is -2.25. The van der Waals surface area contributed by atoms with Crippen molar-refractivity contribution in [3.63, 3.8) is 0 Å². The third-order valence-electron chi connectivity index (χ3n) is 4.62. The molecular weight excluding hydrogens is 334 g/mol. The number of hydrogen-bond acceptors (Lipinski definition) is 5. The van der Waals surface area contributed by atoms with E-state index in [1.165, 1.54) is 4.88 Å². The lowest BCUT2D eigenvalue weighted by Crippen LogP contribution is -2.36. The molecule has 0 N–H and O–H groups in total. The SMILES string of the molecule is Cc1nc2ncccn2c1C(=O)N1CCCN(Cc2cccs2)CC1. The predicted molar refractivity (Wildman–Crippen MR) is 97.8 cm³/mol. The molecule has 1 amide bonds. The topological polar surface area (TPSA) is 53.7 Å². The van der Waals surface area contributed by atoms with Crippen molar-refractivity contribution < 1.29 is 4.79 Å². The number of aromatic nitrogens is 3. The van der Waals surface area contributed by atoms with Gasteiger partial charge >= 0.3 is 0 Å². The van der Waals surface area contributed by atoms with Gasteiger partial charge in [-0.05, 0) is 30.9 Å². The fraction of sp³-hybridized carbons (Fsp3) is 0.389. The summed E-state index contributed by atoms with van der Waals surface area (Å²) in [6.07, 6.45) is 4.55. The van der Waals surface area contributed by atoms with Crippen molar-refractivity contribution in [2.24, 2.45) is 0 Å². The number of rotatable bonds is 3. The first-order chi connectivity index (χ1) is 12.2. The molecule has 0 saturated carbocycles. The van der Waals surface area contributed by atoms with Crippen molar-refractivity contribution in [1.29, 1.82) is 0 Å². The Morgan fingerprint density at radius 2 is 2.16 bits per heavy atom. The minimum Gasteiger partial charge on any atom is -0.336 e. The van der Waals surface area contributed by atoms with Crippen LogP contribution in [-0.4, -0.2) is 56.3 Å². The molecule has 1 aliphatic rings. The van der Waals surface area contributed by atoms with Crippen molar-refractivity contribution in [1.82, 2.24) is 24.2 Å². The van der Waals surface area contributed by atoms with Crippen LogP contribution in [-0.2, 0) is 6.54 Å². The highest BCUT2D eigenvalue weighted by molar-refractivity contribution is 7.09. The van der Waals surface area contributed by atoms with Gasteiger partial charge in [0, 0.05) is 50.0 Å². The first kappa shape index (κ1) is 16.2. The van der Waals surface area contributed by atoms with Gasteiger partial charge in [0.2, 0.25) is 5.78 Å². The number of amides is 1. The quantitative estimate of drug-likeness (QED) is 0.724. The first-order valence-electron chi connectivity index (χ1n) is 8.56. The monoisotopic (exact) mass is 355 g/mol. The molecule has 6 nitrogen and oxygen atoms in total. The molecule has 0 atom stereocenters. The van der Waals surface area contributed by atoms with Crippen molar-refractivity contribution in [2.45, 2.75) is 19.9 Å². The maximum absolute atomic E-state index is 13.1. The number of carbonyl (C=O) groups is 1. The van der Waals surface area contributed by atoms with Gasteiger partial charge in [-0.25, -0.2) is 9.97 Å². The molecule has 4 rings (SSSR count). The van der Waals surface area contributed by atoms with Gasteiger partial charge in [0.05, 0.1) is 5.69 Å². The van der Waals surface area contributed by atoms with Gasteiger partial charge in [0.15, 0.2) is 0 Å². The summed E-state index contributed by atoms with van der Waals surface area (Å²) in [5, 5.41) is 2.12. The summed E-state index contributed by atoms with van der Waals surface area (Å²) in [6.45, 7) is 6.30. The molecule has 0 aromatic carbocycles. The molecule has 0 radical (unpaired) electrons. The Labute approximate surface area is 150 Å². The molecule has 130 valence electrons. The molecule has 25 heavy (non-hydrogen) atoms. The van der Waals surface area contributed by atoms with Gasteiger partial charge in [0.1, 0.15) is 5.69 Å². The van der Waals surface area contributed by atoms with Crippen LogP contribution >= 0.6 is 11.3 Å². The Bertz CT molecular complexity index is 873. The van der Waals surface area contributed by atoms with Crippen molar-refractivity contribution in [2.75, 3.05) is 26.2 Å². The molecule has 1 fully saturated rings. The molecule has 0 unspecified atom stereocenters. The summed E-state index contributed by atoms with van der Waals surface area (Å²) in [6, 6.07) is 6.10. The van der Waals surface area contributed by atoms with E-state index in [1.54, 1.807) is 21.9 Å². The minimum absolute atomic E-state index is 0.0518. The van der Waals surface area contributed by atoms with Crippen LogP contribution in [0.25, 0.3) is 5.78 Å². The molecule has 1 saturated heterocycles. The van der Waals surface area contributed by atoms with E-state index in [2.05, 4.69) is 32.4 Å². The second kappa shape index (κ2) is 6.93. The number of thiophene rings is 1. The zero-order chi connectivity index (χ0) is 17.2. The zero-order valence-corrected chi connectivity index (χ0v) is 15.1. The largest absolute Gasteiger partial charge is 0.336 e. The number of aryl methyl sites for hydroxylation is 1. The van der Waals surface area contributed by atoms with Crippen LogP contribution in [0.2, 0.25) is 0 Å². The maximum atomic E-state index is 13.1. The first-order valence-corrected chi connectivity index (χ1v) is 9.44. The molecule has 7 heteroatoms. The smallest absolute Gasteiger partial charge is 0.272 e. The van der Waals surface area contributed by atoms with Crippen LogP contribution in [0.1, 0.15) is 27.5 Å². The molecule has 3 aromatic rings. The summed E-state index contributed by atoms with van der Waals surface area (Å²) in [5.74, 6) is 0.633. The average Bonchev–Trinajstić information content (AvgIpc) is 3.16. The molecular formula is C18H21N5OS. The predicted octanol–water partition coefficient (Wildman–Crippen LogP) is 2.45. The van der Waals surface area contributed by atoms with Gasteiger partial charge in [-0.15, -0.1) is 11.3 Å². The van der Waals surface area contributed by atoms with Gasteiger partial charge in [-0.2, -0.15) is 0 Å². The van der Waals surface area contributed by atoms with E-state index >= 15 is 0 Å². The highest BCUT2D eigenvalue weighted by Crippen LogP contribution is 2.17. The van der Waals surface area contributed by atoms with E-state index in [4.69, 9.17) is 0 Å². The number of carbonyl (C=O) groups excluding carboxylic acids is 1. The van der Waals surface area contributed by atoms with Gasteiger partial charge in [-0.1, -0.05) is 6.07 Å². The molecule has 1 aliphatic heterocycles. The highest BCUT2D eigenvalue weighted by Gasteiger charge is 2.25. The fourth-order valence-corrected chi connectivity index (χ4v) is 4.11. The van der Waals surface area contributed by atoms with Crippen molar-refractivity contribution in [3.05, 3.63) is 52.2 Å². The van der Waals surface area contributed by atoms with Crippen LogP contribution < -0.4 is 0 Å². The third kappa shape index (κ3) is 3.29. The van der Waals surface area contributed by atoms with E-state index in [-0.39, 0.29) is 5.91 Å². The standard InChI is InChI=1S/C18H21N5OS/c1-14-16(23-9-3-6-19-18(23)20-14)17(24)22-8-4-7-21(10-11-22)13-15-5-2-12-25-15/h2-3,5-6,9,12H,4,7-8,10-11,13H2,1H3. The summed E-state index contributed by atoms with van der Waals surface area (Å²) in [4.78, 5) is 27.5. The summed E-state index contributed by atoms with van der Waals surface area (Å²) < 4.78 is 1.80. The fourth-order valence-electron chi connectivity index (χ4n) is 3.36. The van der Waals surface area contributed by atoms with Crippen LogP contribution in [0.4, 0.5) is 0 Å². The molecule has 0 spiro atoms. The van der Waals surface area contributed by atoms with E-state index < -0.39 is 0 Å². The third-order valence-corrected chi connectivity index (χ3v) is 5.48.